The third kappa shape index (κ3) is 3.89. The van der Waals surface area contributed by atoms with Gasteiger partial charge >= 0.3 is 0 Å². The average Bonchev–Trinajstić information content (AvgIpc) is 3.46. The van der Waals surface area contributed by atoms with Crippen LogP contribution < -0.4 is 10.2 Å². The molecule has 6 heteroatoms. The molecule has 6 nitrogen and oxygen atoms in total. The van der Waals surface area contributed by atoms with E-state index >= 15 is 0 Å². The lowest BCUT2D eigenvalue weighted by atomic mass is 10.1. The van der Waals surface area contributed by atoms with E-state index in [1.165, 1.54) is 6.20 Å². The Morgan fingerprint density at radius 3 is 2.74 bits per heavy atom. The van der Waals surface area contributed by atoms with Crippen molar-refractivity contribution in [3.63, 3.8) is 0 Å². The first kappa shape index (κ1) is 17.4. The van der Waals surface area contributed by atoms with Gasteiger partial charge in [0.2, 0.25) is 11.8 Å². The van der Waals surface area contributed by atoms with Gasteiger partial charge in [-0.15, -0.1) is 0 Å². The number of nitrogens with one attached hydrogen (secondary N) is 1. The predicted molar refractivity (Wildman–Crippen MR) is 102 cm³/mol. The number of pyridine rings is 1. The Morgan fingerprint density at radius 2 is 2.00 bits per heavy atom. The monoisotopic (exact) mass is 363 g/mol. The number of carbonyl (C=O) groups is 3. The zero-order valence-corrected chi connectivity index (χ0v) is 15.0. The Hall–Kier alpha value is -3.02. The van der Waals surface area contributed by atoms with E-state index in [2.05, 4.69) is 10.3 Å². The second kappa shape index (κ2) is 7.31. The minimum atomic E-state index is -0.198. The number of ketones is 1. The summed E-state index contributed by atoms with van der Waals surface area (Å²) in [6, 6.07) is 9.05. The molecule has 1 fully saturated rings. The van der Waals surface area contributed by atoms with E-state index in [1.54, 1.807) is 18.3 Å². The first-order chi connectivity index (χ1) is 13.1. The minimum Gasteiger partial charge on any atom is -0.326 e. The van der Waals surface area contributed by atoms with Gasteiger partial charge in [0.25, 0.3) is 0 Å². The molecule has 0 spiro atoms. The smallest absolute Gasteiger partial charge is 0.230 e. The van der Waals surface area contributed by atoms with Crippen molar-refractivity contribution < 1.29 is 14.4 Å². The lowest BCUT2D eigenvalue weighted by molar-refractivity contribution is -0.119. The van der Waals surface area contributed by atoms with Crippen LogP contribution in [0.15, 0.2) is 42.7 Å². The van der Waals surface area contributed by atoms with Crippen molar-refractivity contribution in [3.05, 3.63) is 53.9 Å². The maximum Gasteiger partial charge on any atom is 0.230 e. The van der Waals surface area contributed by atoms with Crippen molar-refractivity contribution >= 4 is 29.0 Å². The van der Waals surface area contributed by atoms with Crippen LogP contribution in [0.1, 0.15) is 41.6 Å². The Labute approximate surface area is 157 Å². The number of fused-ring (bicyclic) bond motifs is 1. The van der Waals surface area contributed by atoms with E-state index in [1.807, 2.05) is 23.1 Å². The summed E-state index contributed by atoms with van der Waals surface area (Å²) in [6.45, 7) is 0.710. The van der Waals surface area contributed by atoms with Crippen LogP contribution >= 0.6 is 0 Å². The summed E-state index contributed by atoms with van der Waals surface area (Å²) >= 11 is 0. The van der Waals surface area contributed by atoms with Crippen molar-refractivity contribution in [1.29, 1.82) is 0 Å². The summed E-state index contributed by atoms with van der Waals surface area (Å²) in [7, 11) is 0. The van der Waals surface area contributed by atoms with Gasteiger partial charge in [-0.3, -0.25) is 19.4 Å². The summed E-state index contributed by atoms with van der Waals surface area (Å²) in [5.41, 5.74) is 3.25. The van der Waals surface area contributed by atoms with Crippen molar-refractivity contribution in [2.45, 2.75) is 32.1 Å². The molecule has 2 aromatic rings. The lowest BCUT2D eigenvalue weighted by Gasteiger charge is -2.17. The number of rotatable bonds is 6. The number of hydrogen-bond donors (Lipinski definition) is 1. The van der Waals surface area contributed by atoms with E-state index < -0.39 is 0 Å². The number of carbonyl (C=O) groups excluding carboxylic acids is 3. The molecule has 4 rings (SSSR count). The second-order valence-corrected chi connectivity index (χ2v) is 7.07. The van der Waals surface area contributed by atoms with Crippen LogP contribution in [-0.2, 0) is 16.0 Å². The molecule has 27 heavy (non-hydrogen) atoms. The Morgan fingerprint density at radius 1 is 1.15 bits per heavy atom. The second-order valence-electron chi connectivity index (χ2n) is 7.07. The standard InChI is InChI=1S/C21H21N3O3/c25-19(16-2-1-10-22-13-16)7-8-20(26)23-17-5-6-18-15(12-17)9-11-24(18)21(27)14-3-4-14/h1-2,5-6,10,12-14H,3-4,7-9,11H2,(H,23,26). The maximum absolute atomic E-state index is 12.3. The summed E-state index contributed by atoms with van der Waals surface area (Å²) < 4.78 is 0. The van der Waals surface area contributed by atoms with Crippen LogP contribution in [0.3, 0.4) is 0 Å². The molecule has 0 unspecified atom stereocenters. The number of amides is 2. The summed E-state index contributed by atoms with van der Waals surface area (Å²) in [6.07, 6.45) is 6.18. The number of anilines is 2. The molecular weight excluding hydrogens is 342 g/mol. The topological polar surface area (TPSA) is 79.4 Å². The average molecular weight is 363 g/mol. The molecule has 2 heterocycles. The maximum atomic E-state index is 12.3. The highest BCUT2D eigenvalue weighted by Crippen LogP contribution is 2.37. The zero-order chi connectivity index (χ0) is 18.8. The summed E-state index contributed by atoms with van der Waals surface area (Å²) in [4.78, 5) is 42.3. The van der Waals surface area contributed by atoms with Crippen molar-refractivity contribution in [3.8, 4) is 0 Å². The summed E-state index contributed by atoms with van der Waals surface area (Å²) in [5.74, 6) is 0.129. The SMILES string of the molecule is O=C(CCC(=O)c1cccnc1)Nc1ccc2c(c1)CCN2C(=O)C1CC1. The van der Waals surface area contributed by atoms with Gasteiger partial charge in [-0.2, -0.15) is 0 Å². The molecule has 0 radical (unpaired) electrons. The highest BCUT2D eigenvalue weighted by molar-refractivity contribution is 6.01. The molecule has 1 saturated carbocycles. The lowest BCUT2D eigenvalue weighted by Crippen LogP contribution is -2.30. The molecule has 0 bridgehead atoms. The molecule has 1 aromatic heterocycles. The first-order valence-electron chi connectivity index (χ1n) is 9.29. The number of nitrogens with zero attached hydrogens (tertiary/aromatic N) is 2. The zero-order valence-electron chi connectivity index (χ0n) is 15.0. The summed E-state index contributed by atoms with van der Waals surface area (Å²) in [5, 5.41) is 2.85. The quantitative estimate of drug-likeness (QED) is 0.800. The van der Waals surface area contributed by atoms with Gasteiger partial charge in [0.05, 0.1) is 0 Å². The number of aromatic nitrogens is 1. The van der Waals surface area contributed by atoms with Gasteiger partial charge in [-0.05, 0) is 55.2 Å². The van der Waals surface area contributed by atoms with Crippen molar-refractivity contribution in [1.82, 2.24) is 4.98 Å². The first-order valence-corrected chi connectivity index (χ1v) is 9.29. The van der Waals surface area contributed by atoms with Gasteiger partial charge in [-0.1, -0.05) is 0 Å². The molecule has 0 saturated heterocycles. The molecule has 2 amide bonds. The molecular formula is C21H21N3O3. The van der Waals surface area contributed by atoms with Crippen molar-refractivity contribution in [2.75, 3.05) is 16.8 Å². The van der Waals surface area contributed by atoms with E-state index in [0.29, 0.717) is 17.8 Å². The molecule has 1 aromatic carbocycles. The van der Waals surface area contributed by atoms with Crippen LogP contribution in [0.25, 0.3) is 0 Å². The molecule has 0 atom stereocenters. The van der Waals surface area contributed by atoms with E-state index in [-0.39, 0.29) is 36.4 Å². The predicted octanol–water partition coefficient (Wildman–Crippen LogP) is 2.98. The molecule has 1 aliphatic carbocycles. The largest absolute Gasteiger partial charge is 0.326 e. The fourth-order valence-electron chi connectivity index (χ4n) is 3.38. The third-order valence-corrected chi connectivity index (χ3v) is 5.01. The number of benzene rings is 1. The fraction of sp³-hybridized carbons (Fsp3) is 0.333. The van der Waals surface area contributed by atoms with Gasteiger partial charge < -0.3 is 10.2 Å². The highest BCUT2D eigenvalue weighted by atomic mass is 16.2. The molecule has 1 N–H and O–H groups in total. The molecule has 138 valence electrons. The van der Waals surface area contributed by atoms with Crippen LogP contribution in [0.4, 0.5) is 11.4 Å². The van der Waals surface area contributed by atoms with Gasteiger partial charge in [0, 0.05) is 54.6 Å². The van der Waals surface area contributed by atoms with Gasteiger partial charge in [0.1, 0.15) is 0 Å². The van der Waals surface area contributed by atoms with E-state index in [0.717, 1.165) is 30.5 Å². The van der Waals surface area contributed by atoms with Gasteiger partial charge in [0.15, 0.2) is 5.78 Å². The van der Waals surface area contributed by atoms with Crippen LogP contribution in [0.2, 0.25) is 0 Å². The number of Topliss-reactive ketones (excluding diaryl/α,β-unsaturated/α-hetero) is 1. The number of hydrogen-bond acceptors (Lipinski definition) is 4. The van der Waals surface area contributed by atoms with E-state index in [4.69, 9.17) is 0 Å². The van der Waals surface area contributed by atoms with Crippen LogP contribution in [0, 0.1) is 5.92 Å². The van der Waals surface area contributed by atoms with Gasteiger partial charge in [-0.25, -0.2) is 0 Å². The molecule has 1 aliphatic heterocycles. The molecule has 2 aliphatic rings. The minimum absolute atomic E-state index is 0.0959. The Balaban J connectivity index is 1.34. The Bertz CT molecular complexity index is 891. The van der Waals surface area contributed by atoms with Crippen LogP contribution in [-0.4, -0.2) is 29.1 Å². The fourth-order valence-corrected chi connectivity index (χ4v) is 3.38. The Kier molecular flexibility index (Phi) is 4.71. The highest BCUT2D eigenvalue weighted by Gasteiger charge is 2.36. The van der Waals surface area contributed by atoms with Crippen LogP contribution in [0.5, 0.6) is 0 Å². The van der Waals surface area contributed by atoms with Crippen molar-refractivity contribution in [2.24, 2.45) is 5.92 Å². The van der Waals surface area contributed by atoms with E-state index in [9.17, 15) is 14.4 Å². The third-order valence-electron chi connectivity index (χ3n) is 5.01. The normalized spacial score (nSPS) is 15.3.